The number of amides is 1. The van der Waals surface area contributed by atoms with Crippen LogP contribution in [-0.2, 0) is 16.1 Å². The lowest BCUT2D eigenvalue weighted by molar-refractivity contribution is -0.116. The molecule has 0 aromatic carbocycles. The molecule has 1 amide bonds. The Bertz CT molecular complexity index is 549. The van der Waals surface area contributed by atoms with E-state index in [4.69, 9.17) is 4.74 Å². The largest absolute Gasteiger partial charge is 0.373 e. The van der Waals surface area contributed by atoms with E-state index >= 15 is 0 Å². The average molecular weight is 367 g/mol. The number of carbonyl (C=O) groups is 1. The van der Waals surface area contributed by atoms with Crippen molar-refractivity contribution in [3.63, 3.8) is 0 Å². The second-order valence-corrected chi connectivity index (χ2v) is 8.23. The molecule has 3 rings (SSSR count). The number of hydrogen-bond donors (Lipinski definition) is 2. The lowest BCUT2D eigenvalue weighted by atomic mass is 9.93. The summed E-state index contributed by atoms with van der Waals surface area (Å²) in [5.41, 5.74) is 1.03. The number of morpholine rings is 1. The predicted molar refractivity (Wildman–Crippen MR) is 101 cm³/mol. The highest BCUT2D eigenvalue weighted by Crippen LogP contribution is 2.21. The number of anilines is 1. The van der Waals surface area contributed by atoms with E-state index in [0.29, 0.717) is 12.3 Å². The summed E-state index contributed by atoms with van der Waals surface area (Å²) >= 11 is 1.52. The van der Waals surface area contributed by atoms with Gasteiger partial charge in [-0.3, -0.25) is 9.69 Å². The standard InChI is InChI=1S/C18H30N4O2S/c1-13-9-22(10-14(2)24-13)11-16-12-25-18(20-16)21-17(23)4-3-15-5-7-19-8-6-15/h12-15,19H,3-11H2,1-2H3,(H,20,21,23). The van der Waals surface area contributed by atoms with Gasteiger partial charge in [-0.05, 0) is 52.1 Å². The zero-order chi connectivity index (χ0) is 17.6. The molecule has 2 aliphatic rings. The Labute approximate surface area is 154 Å². The van der Waals surface area contributed by atoms with Gasteiger partial charge in [-0.25, -0.2) is 4.98 Å². The van der Waals surface area contributed by atoms with Gasteiger partial charge in [0.1, 0.15) is 0 Å². The highest BCUT2D eigenvalue weighted by molar-refractivity contribution is 7.13. The molecule has 140 valence electrons. The Morgan fingerprint density at radius 2 is 2.08 bits per heavy atom. The topological polar surface area (TPSA) is 66.5 Å². The SMILES string of the molecule is CC1CN(Cc2csc(NC(=O)CCC3CCNCC3)n2)CC(C)O1. The van der Waals surface area contributed by atoms with E-state index in [1.165, 1.54) is 24.2 Å². The van der Waals surface area contributed by atoms with Crippen molar-refractivity contribution in [1.82, 2.24) is 15.2 Å². The summed E-state index contributed by atoms with van der Waals surface area (Å²) in [5.74, 6) is 0.775. The quantitative estimate of drug-likeness (QED) is 0.810. The van der Waals surface area contributed by atoms with Gasteiger partial charge < -0.3 is 15.4 Å². The number of nitrogens with zero attached hydrogens (tertiary/aromatic N) is 2. The molecule has 0 aliphatic carbocycles. The Balaban J connectivity index is 1.42. The van der Waals surface area contributed by atoms with Crippen molar-refractivity contribution in [2.75, 3.05) is 31.5 Å². The van der Waals surface area contributed by atoms with Crippen LogP contribution in [0.5, 0.6) is 0 Å². The summed E-state index contributed by atoms with van der Waals surface area (Å²) in [4.78, 5) is 19.1. The molecule has 2 unspecified atom stereocenters. The maximum Gasteiger partial charge on any atom is 0.226 e. The van der Waals surface area contributed by atoms with Crippen LogP contribution >= 0.6 is 11.3 Å². The van der Waals surface area contributed by atoms with Crippen LogP contribution in [0.1, 0.15) is 45.2 Å². The molecule has 1 aromatic rings. The Hall–Kier alpha value is -1.02. The molecular weight excluding hydrogens is 336 g/mol. The number of piperidine rings is 1. The third-order valence-electron chi connectivity index (χ3n) is 4.92. The Kier molecular flexibility index (Phi) is 6.81. The highest BCUT2D eigenvalue weighted by atomic mass is 32.1. The van der Waals surface area contributed by atoms with Crippen molar-refractivity contribution in [3.05, 3.63) is 11.1 Å². The molecule has 2 atom stereocenters. The van der Waals surface area contributed by atoms with E-state index in [-0.39, 0.29) is 18.1 Å². The molecule has 7 heteroatoms. The van der Waals surface area contributed by atoms with E-state index in [0.717, 1.165) is 50.0 Å². The van der Waals surface area contributed by atoms with Gasteiger partial charge in [0.25, 0.3) is 0 Å². The van der Waals surface area contributed by atoms with E-state index in [9.17, 15) is 4.79 Å². The van der Waals surface area contributed by atoms with Gasteiger partial charge in [-0.1, -0.05) is 0 Å². The second-order valence-electron chi connectivity index (χ2n) is 7.38. The van der Waals surface area contributed by atoms with Crippen LogP contribution in [0.25, 0.3) is 0 Å². The predicted octanol–water partition coefficient (Wildman–Crippen LogP) is 2.47. The summed E-state index contributed by atoms with van der Waals surface area (Å²) in [6, 6.07) is 0. The van der Waals surface area contributed by atoms with Gasteiger partial charge >= 0.3 is 0 Å². The highest BCUT2D eigenvalue weighted by Gasteiger charge is 2.23. The van der Waals surface area contributed by atoms with Crippen LogP contribution in [-0.4, -0.2) is 54.2 Å². The minimum absolute atomic E-state index is 0.0908. The van der Waals surface area contributed by atoms with E-state index in [1.807, 2.05) is 5.38 Å². The zero-order valence-electron chi connectivity index (χ0n) is 15.3. The molecule has 0 spiro atoms. The summed E-state index contributed by atoms with van der Waals surface area (Å²) in [5, 5.41) is 9.10. The van der Waals surface area contributed by atoms with Crippen molar-refractivity contribution in [3.8, 4) is 0 Å². The molecule has 2 saturated heterocycles. The molecule has 0 bridgehead atoms. The number of ether oxygens (including phenoxy) is 1. The van der Waals surface area contributed by atoms with Crippen LogP contribution in [0.3, 0.4) is 0 Å². The summed E-state index contributed by atoms with van der Waals surface area (Å²) in [6.07, 6.45) is 4.47. The van der Waals surface area contributed by atoms with Gasteiger partial charge in [-0.15, -0.1) is 11.3 Å². The van der Waals surface area contributed by atoms with Gasteiger partial charge in [-0.2, -0.15) is 0 Å². The third kappa shape index (κ3) is 6.02. The summed E-state index contributed by atoms with van der Waals surface area (Å²) in [7, 11) is 0. The first-order valence-electron chi connectivity index (χ1n) is 9.41. The summed E-state index contributed by atoms with van der Waals surface area (Å²) < 4.78 is 5.77. The Morgan fingerprint density at radius 3 is 2.80 bits per heavy atom. The fourth-order valence-corrected chi connectivity index (χ4v) is 4.48. The fraction of sp³-hybridized carbons (Fsp3) is 0.778. The molecule has 1 aromatic heterocycles. The lowest BCUT2D eigenvalue weighted by Gasteiger charge is -2.34. The number of rotatable bonds is 6. The fourth-order valence-electron chi connectivity index (χ4n) is 3.77. The smallest absolute Gasteiger partial charge is 0.226 e. The van der Waals surface area contributed by atoms with Crippen LogP contribution in [0.4, 0.5) is 5.13 Å². The van der Waals surface area contributed by atoms with Crippen LogP contribution in [0, 0.1) is 5.92 Å². The number of aromatic nitrogens is 1. The first kappa shape index (κ1) is 18.8. The van der Waals surface area contributed by atoms with Crippen molar-refractivity contribution >= 4 is 22.4 Å². The molecule has 2 aliphatic heterocycles. The van der Waals surface area contributed by atoms with E-state index < -0.39 is 0 Å². The van der Waals surface area contributed by atoms with Crippen LogP contribution in [0.15, 0.2) is 5.38 Å². The number of carbonyl (C=O) groups excluding carboxylic acids is 1. The first-order chi connectivity index (χ1) is 12.1. The van der Waals surface area contributed by atoms with Crippen molar-refractivity contribution in [1.29, 1.82) is 0 Å². The molecule has 0 saturated carbocycles. The van der Waals surface area contributed by atoms with Gasteiger partial charge in [0.05, 0.1) is 17.9 Å². The molecule has 6 nitrogen and oxygen atoms in total. The maximum atomic E-state index is 12.2. The second kappa shape index (κ2) is 9.07. The van der Waals surface area contributed by atoms with Crippen LogP contribution in [0.2, 0.25) is 0 Å². The summed E-state index contributed by atoms with van der Waals surface area (Å²) in [6.45, 7) is 9.07. The monoisotopic (exact) mass is 366 g/mol. The average Bonchev–Trinajstić information content (AvgIpc) is 3.00. The van der Waals surface area contributed by atoms with Gasteiger partial charge in [0.15, 0.2) is 5.13 Å². The molecule has 2 fully saturated rings. The molecule has 3 heterocycles. The number of hydrogen-bond acceptors (Lipinski definition) is 6. The first-order valence-corrected chi connectivity index (χ1v) is 10.3. The number of nitrogens with one attached hydrogen (secondary N) is 2. The van der Waals surface area contributed by atoms with E-state index in [1.54, 1.807) is 0 Å². The molecule has 25 heavy (non-hydrogen) atoms. The third-order valence-corrected chi connectivity index (χ3v) is 5.72. The van der Waals surface area contributed by atoms with Crippen molar-refractivity contribution in [2.45, 2.75) is 58.3 Å². The normalized spacial score (nSPS) is 25.8. The van der Waals surface area contributed by atoms with Gasteiger partial charge in [0, 0.05) is 31.4 Å². The molecular formula is C18H30N4O2S. The maximum absolute atomic E-state index is 12.2. The Morgan fingerprint density at radius 1 is 1.36 bits per heavy atom. The molecule has 2 N–H and O–H groups in total. The molecule has 0 radical (unpaired) electrons. The minimum atomic E-state index is 0.0908. The van der Waals surface area contributed by atoms with Gasteiger partial charge in [0.2, 0.25) is 5.91 Å². The van der Waals surface area contributed by atoms with Crippen molar-refractivity contribution in [2.24, 2.45) is 5.92 Å². The zero-order valence-corrected chi connectivity index (χ0v) is 16.1. The van der Waals surface area contributed by atoms with Crippen molar-refractivity contribution < 1.29 is 9.53 Å². The number of thiazole rings is 1. The van der Waals surface area contributed by atoms with E-state index in [2.05, 4.69) is 34.4 Å². The lowest BCUT2D eigenvalue weighted by Crippen LogP contribution is -2.44. The van der Waals surface area contributed by atoms with Crippen LogP contribution < -0.4 is 10.6 Å². The minimum Gasteiger partial charge on any atom is -0.373 e.